The van der Waals surface area contributed by atoms with Crippen molar-refractivity contribution >= 4 is 22.9 Å². The molecule has 1 amide bonds. The Bertz CT molecular complexity index is 792. The Balaban J connectivity index is 1.48. The van der Waals surface area contributed by atoms with Crippen molar-refractivity contribution in [2.24, 2.45) is 5.92 Å². The summed E-state index contributed by atoms with van der Waals surface area (Å²) in [6.07, 6.45) is 3.91. The number of aromatic nitrogens is 2. The molecular formula is C21H30N4O2. The number of anilines is 1. The van der Waals surface area contributed by atoms with Crippen LogP contribution in [0.25, 0.3) is 10.9 Å². The normalized spacial score (nSPS) is 20.3. The standard InChI is InChI=1S/C21H30N4O2/c1-14-17-7-5-6-8-18(17)25-19(23-14)24-16-11-9-15(10-12-16)13-22-20(26)27-21(2,3)4/h5-8,15-16H,9-13H2,1-4H3,(H,22,26)(H,23,24,25)/t15-,16-. The fourth-order valence-electron chi connectivity index (χ4n) is 3.54. The lowest BCUT2D eigenvalue weighted by molar-refractivity contribution is 0.0515. The van der Waals surface area contributed by atoms with Crippen molar-refractivity contribution in [3.8, 4) is 0 Å². The molecule has 1 aromatic heterocycles. The van der Waals surface area contributed by atoms with Gasteiger partial charge in [-0.3, -0.25) is 0 Å². The fraction of sp³-hybridized carbons (Fsp3) is 0.571. The first-order chi connectivity index (χ1) is 12.8. The predicted molar refractivity (Wildman–Crippen MR) is 108 cm³/mol. The molecule has 0 radical (unpaired) electrons. The highest BCUT2D eigenvalue weighted by Crippen LogP contribution is 2.26. The van der Waals surface area contributed by atoms with E-state index in [0.717, 1.165) is 42.3 Å². The number of benzene rings is 1. The number of ether oxygens (including phenoxy) is 1. The Morgan fingerprint density at radius 3 is 2.56 bits per heavy atom. The van der Waals surface area contributed by atoms with Gasteiger partial charge in [0.15, 0.2) is 0 Å². The van der Waals surface area contributed by atoms with E-state index >= 15 is 0 Å². The van der Waals surface area contributed by atoms with Crippen LogP contribution in [0.5, 0.6) is 0 Å². The molecule has 27 heavy (non-hydrogen) atoms. The number of amides is 1. The molecule has 0 saturated heterocycles. The summed E-state index contributed by atoms with van der Waals surface area (Å²) in [7, 11) is 0. The second-order valence-electron chi connectivity index (χ2n) is 8.39. The lowest BCUT2D eigenvalue weighted by atomic mass is 9.86. The van der Waals surface area contributed by atoms with Crippen molar-refractivity contribution in [1.29, 1.82) is 0 Å². The highest BCUT2D eigenvalue weighted by atomic mass is 16.6. The largest absolute Gasteiger partial charge is 0.444 e. The number of alkyl carbamates (subject to hydrolysis) is 1. The first kappa shape index (κ1) is 19.4. The third-order valence-electron chi connectivity index (χ3n) is 4.91. The number of para-hydroxylation sites is 1. The van der Waals surface area contributed by atoms with Crippen LogP contribution in [0, 0.1) is 12.8 Å². The molecule has 2 N–H and O–H groups in total. The summed E-state index contributed by atoms with van der Waals surface area (Å²) >= 11 is 0. The van der Waals surface area contributed by atoms with E-state index in [1.165, 1.54) is 0 Å². The van der Waals surface area contributed by atoms with Gasteiger partial charge in [0.25, 0.3) is 0 Å². The molecule has 1 fully saturated rings. The van der Waals surface area contributed by atoms with Crippen molar-refractivity contribution < 1.29 is 9.53 Å². The zero-order chi connectivity index (χ0) is 19.4. The number of rotatable bonds is 4. The number of hydrogen-bond acceptors (Lipinski definition) is 5. The molecule has 2 aromatic rings. The van der Waals surface area contributed by atoms with Gasteiger partial charge in [0.1, 0.15) is 5.60 Å². The van der Waals surface area contributed by atoms with E-state index in [-0.39, 0.29) is 6.09 Å². The number of hydrogen-bond donors (Lipinski definition) is 2. The van der Waals surface area contributed by atoms with Gasteiger partial charge in [-0.15, -0.1) is 0 Å². The van der Waals surface area contributed by atoms with Crippen molar-refractivity contribution in [3.63, 3.8) is 0 Å². The fourth-order valence-corrected chi connectivity index (χ4v) is 3.54. The molecule has 0 atom stereocenters. The molecule has 3 rings (SSSR count). The van der Waals surface area contributed by atoms with Crippen molar-refractivity contribution in [2.45, 2.75) is 65.0 Å². The van der Waals surface area contributed by atoms with E-state index in [1.807, 2.05) is 45.9 Å². The van der Waals surface area contributed by atoms with E-state index in [0.29, 0.717) is 24.5 Å². The number of carbonyl (C=O) groups excluding carboxylic acids is 1. The molecule has 0 bridgehead atoms. The highest BCUT2D eigenvalue weighted by molar-refractivity contribution is 5.81. The summed E-state index contributed by atoms with van der Waals surface area (Å²) in [6.45, 7) is 8.32. The molecule has 0 aliphatic heterocycles. The molecule has 1 aliphatic rings. The third kappa shape index (κ3) is 5.55. The SMILES string of the molecule is Cc1nc(N[C@H]2CC[C@H](CNC(=O)OC(C)(C)C)CC2)nc2ccccc12. The van der Waals surface area contributed by atoms with Gasteiger partial charge < -0.3 is 15.4 Å². The minimum atomic E-state index is -0.455. The Morgan fingerprint density at radius 1 is 1.15 bits per heavy atom. The molecule has 6 nitrogen and oxygen atoms in total. The van der Waals surface area contributed by atoms with Gasteiger partial charge >= 0.3 is 6.09 Å². The van der Waals surface area contributed by atoms with Crippen LogP contribution in [0.2, 0.25) is 0 Å². The topological polar surface area (TPSA) is 76.1 Å². The van der Waals surface area contributed by atoms with Crippen molar-refractivity contribution in [1.82, 2.24) is 15.3 Å². The zero-order valence-electron chi connectivity index (χ0n) is 16.7. The van der Waals surface area contributed by atoms with Gasteiger partial charge in [0, 0.05) is 18.0 Å². The van der Waals surface area contributed by atoms with Gasteiger partial charge in [-0.1, -0.05) is 18.2 Å². The minimum absolute atomic E-state index is 0.331. The number of nitrogens with zero attached hydrogens (tertiary/aromatic N) is 2. The molecule has 0 unspecified atom stereocenters. The van der Waals surface area contributed by atoms with E-state index in [1.54, 1.807) is 0 Å². The monoisotopic (exact) mass is 370 g/mol. The Labute approximate surface area is 161 Å². The minimum Gasteiger partial charge on any atom is -0.444 e. The third-order valence-corrected chi connectivity index (χ3v) is 4.91. The van der Waals surface area contributed by atoms with E-state index in [2.05, 4.69) is 26.7 Å². The highest BCUT2D eigenvalue weighted by Gasteiger charge is 2.23. The van der Waals surface area contributed by atoms with Crippen LogP contribution in [-0.2, 0) is 4.74 Å². The summed E-state index contributed by atoms with van der Waals surface area (Å²) in [5, 5.41) is 7.49. The average molecular weight is 370 g/mol. The first-order valence-electron chi connectivity index (χ1n) is 9.77. The summed E-state index contributed by atoms with van der Waals surface area (Å²) in [5.41, 5.74) is 1.52. The van der Waals surface area contributed by atoms with E-state index < -0.39 is 5.60 Å². The van der Waals surface area contributed by atoms with Crippen LogP contribution < -0.4 is 10.6 Å². The van der Waals surface area contributed by atoms with Crippen LogP contribution in [0.4, 0.5) is 10.7 Å². The molecule has 1 saturated carbocycles. The number of fused-ring (bicyclic) bond motifs is 1. The number of nitrogens with one attached hydrogen (secondary N) is 2. The first-order valence-corrected chi connectivity index (χ1v) is 9.77. The maximum Gasteiger partial charge on any atom is 0.407 e. The molecule has 1 heterocycles. The van der Waals surface area contributed by atoms with E-state index in [9.17, 15) is 4.79 Å². The number of carbonyl (C=O) groups is 1. The lowest BCUT2D eigenvalue weighted by Gasteiger charge is -2.29. The maximum atomic E-state index is 11.8. The van der Waals surface area contributed by atoms with Gasteiger partial charge in [-0.05, 0) is 65.4 Å². The second kappa shape index (κ2) is 8.11. The predicted octanol–water partition coefficient (Wildman–Crippen LogP) is 4.43. The van der Waals surface area contributed by atoms with Crippen LogP contribution >= 0.6 is 0 Å². The van der Waals surface area contributed by atoms with Crippen LogP contribution in [0.1, 0.15) is 52.1 Å². The maximum absolute atomic E-state index is 11.8. The molecule has 146 valence electrons. The molecule has 6 heteroatoms. The molecular weight excluding hydrogens is 340 g/mol. The van der Waals surface area contributed by atoms with Gasteiger partial charge in [0.05, 0.1) is 11.2 Å². The quantitative estimate of drug-likeness (QED) is 0.832. The molecule has 1 aromatic carbocycles. The molecule has 0 spiro atoms. The average Bonchev–Trinajstić information content (AvgIpc) is 2.60. The van der Waals surface area contributed by atoms with Crippen LogP contribution in [-0.4, -0.2) is 34.2 Å². The Hall–Kier alpha value is -2.37. The second-order valence-corrected chi connectivity index (χ2v) is 8.39. The van der Waals surface area contributed by atoms with Crippen molar-refractivity contribution in [2.75, 3.05) is 11.9 Å². The molecule has 1 aliphatic carbocycles. The summed E-state index contributed by atoms with van der Waals surface area (Å²) < 4.78 is 5.30. The summed E-state index contributed by atoms with van der Waals surface area (Å²) in [6, 6.07) is 8.47. The van der Waals surface area contributed by atoms with Crippen molar-refractivity contribution in [3.05, 3.63) is 30.0 Å². The smallest absolute Gasteiger partial charge is 0.407 e. The summed E-state index contributed by atoms with van der Waals surface area (Å²) in [5.74, 6) is 1.20. The van der Waals surface area contributed by atoms with Gasteiger partial charge in [-0.25, -0.2) is 14.8 Å². The Kier molecular flexibility index (Phi) is 5.82. The summed E-state index contributed by atoms with van der Waals surface area (Å²) in [4.78, 5) is 21.0. The zero-order valence-corrected chi connectivity index (χ0v) is 16.7. The van der Waals surface area contributed by atoms with Crippen LogP contribution in [0.3, 0.4) is 0 Å². The van der Waals surface area contributed by atoms with Gasteiger partial charge in [0.2, 0.25) is 5.95 Å². The Morgan fingerprint density at radius 2 is 1.85 bits per heavy atom. The number of aryl methyl sites for hydroxylation is 1. The van der Waals surface area contributed by atoms with Gasteiger partial charge in [-0.2, -0.15) is 0 Å². The van der Waals surface area contributed by atoms with Crippen LogP contribution in [0.15, 0.2) is 24.3 Å². The lowest BCUT2D eigenvalue weighted by Crippen LogP contribution is -2.37. The van der Waals surface area contributed by atoms with E-state index in [4.69, 9.17) is 4.74 Å².